The summed E-state index contributed by atoms with van der Waals surface area (Å²) in [6.45, 7) is 5.63. The van der Waals surface area contributed by atoms with E-state index in [0.717, 1.165) is 5.57 Å². The Kier molecular flexibility index (Phi) is 6.08. The summed E-state index contributed by atoms with van der Waals surface area (Å²) >= 11 is 0. The summed E-state index contributed by atoms with van der Waals surface area (Å²) in [5, 5.41) is 0. The third-order valence-corrected chi connectivity index (χ3v) is 2.17. The number of hydrogen-bond donors (Lipinski definition) is 1. The molecule has 1 aromatic carbocycles. The molecule has 0 radical (unpaired) electrons. The minimum Gasteiger partial charge on any atom is -0.496 e. The molecular weight excluding hydrogens is 229 g/mol. The molecule has 1 atom stereocenters. The number of hydrogen-bond acceptors (Lipinski definition) is 2. The second kappa shape index (κ2) is 6.51. The first-order chi connectivity index (χ1) is 7.06. The summed E-state index contributed by atoms with van der Waals surface area (Å²) in [4.78, 5) is 0. The molecule has 0 saturated heterocycles. The fraction of sp³-hybridized carbons (Fsp3) is 0.333. The first kappa shape index (κ1) is 14.9. The van der Waals surface area contributed by atoms with Gasteiger partial charge in [0.2, 0.25) is 0 Å². The van der Waals surface area contributed by atoms with E-state index in [2.05, 4.69) is 6.58 Å². The van der Waals surface area contributed by atoms with Gasteiger partial charge in [-0.1, -0.05) is 11.6 Å². The zero-order valence-corrected chi connectivity index (χ0v) is 10.3. The third-order valence-electron chi connectivity index (χ3n) is 2.17. The van der Waals surface area contributed by atoms with Gasteiger partial charge in [0.25, 0.3) is 0 Å². The van der Waals surface area contributed by atoms with E-state index in [9.17, 15) is 4.39 Å². The highest BCUT2D eigenvalue weighted by Gasteiger charge is 2.16. The molecule has 0 aliphatic carbocycles. The van der Waals surface area contributed by atoms with Crippen molar-refractivity contribution in [3.63, 3.8) is 0 Å². The molecule has 0 aromatic heterocycles. The summed E-state index contributed by atoms with van der Waals surface area (Å²) in [6, 6.07) is 4.29. The third kappa shape index (κ3) is 3.51. The summed E-state index contributed by atoms with van der Waals surface area (Å²) < 4.78 is 18.6. The van der Waals surface area contributed by atoms with E-state index in [1.807, 2.05) is 6.92 Å². The first-order valence-corrected chi connectivity index (χ1v) is 4.78. The van der Waals surface area contributed by atoms with E-state index < -0.39 is 6.04 Å². The summed E-state index contributed by atoms with van der Waals surface area (Å²) in [5.41, 5.74) is 7.24. The lowest BCUT2D eigenvalue weighted by molar-refractivity contribution is 0.399. The van der Waals surface area contributed by atoms with E-state index in [4.69, 9.17) is 10.5 Å². The quantitative estimate of drug-likeness (QED) is 0.827. The predicted octanol–water partition coefficient (Wildman–Crippen LogP) is 3.22. The number of nitrogens with two attached hydrogens (primary N) is 1. The molecule has 0 fully saturated rings. The molecule has 90 valence electrons. The second-order valence-electron chi connectivity index (χ2n) is 3.62. The molecule has 1 aromatic rings. The zero-order chi connectivity index (χ0) is 11.4. The molecular formula is C12H17ClFNO. The average molecular weight is 246 g/mol. The van der Waals surface area contributed by atoms with Crippen LogP contribution in [0.2, 0.25) is 0 Å². The van der Waals surface area contributed by atoms with Crippen molar-refractivity contribution >= 4 is 12.4 Å². The van der Waals surface area contributed by atoms with Crippen LogP contribution < -0.4 is 10.5 Å². The Morgan fingerprint density at radius 2 is 2.19 bits per heavy atom. The van der Waals surface area contributed by atoms with Crippen LogP contribution in [0.25, 0.3) is 0 Å². The van der Waals surface area contributed by atoms with Crippen molar-refractivity contribution in [2.45, 2.75) is 19.4 Å². The maximum absolute atomic E-state index is 13.5. The van der Waals surface area contributed by atoms with Crippen molar-refractivity contribution < 1.29 is 9.13 Å². The van der Waals surface area contributed by atoms with E-state index in [1.165, 1.54) is 13.2 Å². The van der Waals surface area contributed by atoms with Gasteiger partial charge in [-0.15, -0.1) is 19.0 Å². The van der Waals surface area contributed by atoms with Crippen molar-refractivity contribution in [2.75, 3.05) is 7.11 Å². The lowest BCUT2D eigenvalue weighted by atomic mass is 10.00. The van der Waals surface area contributed by atoms with E-state index in [1.54, 1.807) is 12.1 Å². The normalized spacial score (nSPS) is 11.5. The van der Waals surface area contributed by atoms with Crippen LogP contribution in [0, 0.1) is 5.82 Å². The standard InChI is InChI=1S/C12H16FNO.ClH/c1-8(2)7-10(14)12-9(13)5-4-6-11(12)15-3;/h4-6,10H,1,7,14H2,2-3H3;1H/t10-;/m0./s1. The lowest BCUT2D eigenvalue weighted by Gasteiger charge is -2.16. The van der Waals surface area contributed by atoms with Crippen LogP contribution in [0.15, 0.2) is 30.4 Å². The number of halogens is 2. The Bertz CT molecular complexity index is 368. The van der Waals surface area contributed by atoms with Crippen LogP contribution >= 0.6 is 12.4 Å². The summed E-state index contributed by atoms with van der Waals surface area (Å²) in [7, 11) is 1.51. The van der Waals surface area contributed by atoms with Gasteiger partial charge in [-0.25, -0.2) is 4.39 Å². The van der Waals surface area contributed by atoms with Gasteiger partial charge in [0.1, 0.15) is 11.6 Å². The number of ether oxygens (including phenoxy) is 1. The van der Waals surface area contributed by atoms with Crippen LogP contribution in [0.5, 0.6) is 5.75 Å². The molecule has 2 N–H and O–H groups in total. The van der Waals surface area contributed by atoms with E-state index >= 15 is 0 Å². The Hall–Kier alpha value is -1.06. The fourth-order valence-corrected chi connectivity index (χ4v) is 1.53. The molecule has 0 amide bonds. The molecule has 1 rings (SSSR count). The predicted molar refractivity (Wildman–Crippen MR) is 66.6 cm³/mol. The molecule has 0 saturated carbocycles. The monoisotopic (exact) mass is 245 g/mol. The fourth-order valence-electron chi connectivity index (χ4n) is 1.53. The SMILES string of the molecule is C=C(C)C[C@H](N)c1c(F)cccc1OC.Cl. The molecule has 0 unspecified atom stereocenters. The van der Waals surface area contributed by atoms with Gasteiger partial charge < -0.3 is 10.5 Å². The molecule has 16 heavy (non-hydrogen) atoms. The largest absolute Gasteiger partial charge is 0.496 e. The van der Waals surface area contributed by atoms with Crippen molar-refractivity contribution in [1.29, 1.82) is 0 Å². The van der Waals surface area contributed by atoms with Crippen LogP contribution in [-0.2, 0) is 0 Å². The van der Waals surface area contributed by atoms with Crippen LogP contribution in [0.1, 0.15) is 24.9 Å². The molecule has 0 heterocycles. The van der Waals surface area contributed by atoms with Gasteiger partial charge in [0.15, 0.2) is 0 Å². The first-order valence-electron chi connectivity index (χ1n) is 4.78. The minimum atomic E-state index is -0.404. The van der Waals surface area contributed by atoms with Gasteiger partial charge in [0.05, 0.1) is 7.11 Å². The van der Waals surface area contributed by atoms with Crippen molar-refractivity contribution in [1.82, 2.24) is 0 Å². The topological polar surface area (TPSA) is 35.2 Å². The maximum atomic E-state index is 13.5. The van der Waals surface area contributed by atoms with Gasteiger partial charge in [-0.05, 0) is 25.5 Å². The van der Waals surface area contributed by atoms with Gasteiger partial charge in [-0.2, -0.15) is 0 Å². The van der Waals surface area contributed by atoms with Crippen LogP contribution in [0.3, 0.4) is 0 Å². The van der Waals surface area contributed by atoms with Crippen LogP contribution in [0.4, 0.5) is 4.39 Å². The van der Waals surface area contributed by atoms with Crippen LogP contribution in [-0.4, -0.2) is 7.11 Å². The van der Waals surface area contributed by atoms with Crippen molar-refractivity contribution in [3.8, 4) is 5.75 Å². The van der Waals surface area contributed by atoms with Crippen molar-refractivity contribution in [2.24, 2.45) is 5.73 Å². The number of methoxy groups -OCH3 is 1. The molecule has 0 aliphatic heterocycles. The maximum Gasteiger partial charge on any atom is 0.131 e. The highest BCUT2D eigenvalue weighted by Crippen LogP contribution is 2.29. The average Bonchev–Trinajstić information content (AvgIpc) is 2.15. The van der Waals surface area contributed by atoms with Gasteiger partial charge in [-0.3, -0.25) is 0 Å². The number of rotatable bonds is 4. The smallest absolute Gasteiger partial charge is 0.131 e. The molecule has 0 bridgehead atoms. The molecule has 0 aliphatic rings. The molecule has 0 spiro atoms. The Balaban J connectivity index is 0.00000225. The van der Waals surface area contributed by atoms with E-state index in [0.29, 0.717) is 17.7 Å². The Morgan fingerprint density at radius 3 is 2.69 bits per heavy atom. The van der Waals surface area contributed by atoms with Gasteiger partial charge in [0, 0.05) is 11.6 Å². The highest BCUT2D eigenvalue weighted by atomic mass is 35.5. The minimum absolute atomic E-state index is 0. The molecule has 4 heteroatoms. The van der Waals surface area contributed by atoms with E-state index in [-0.39, 0.29) is 18.2 Å². The molecule has 2 nitrogen and oxygen atoms in total. The second-order valence-corrected chi connectivity index (χ2v) is 3.62. The lowest BCUT2D eigenvalue weighted by Crippen LogP contribution is -2.13. The Morgan fingerprint density at radius 1 is 1.56 bits per heavy atom. The Labute approximate surface area is 102 Å². The zero-order valence-electron chi connectivity index (χ0n) is 9.50. The highest BCUT2D eigenvalue weighted by molar-refractivity contribution is 5.85. The number of benzene rings is 1. The summed E-state index contributed by atoms with van der Waals surface area (Å²) in [6.07, 6.45) is 0.553. The summed E-state index contributed by atoms with van der Waals surface area (Å²) in [5.74, 6) is 0.159. The van der Waals surface area contributed by atoms with Gasteiger partial charge >= 0.3 is 0 Å². The van der Waals surface area contributed by atoms with Crippen molar-refractivity contribution in [3.05, 3.63) is 41.7 Å².